The van der Waals surface area contributed by atoms with E-state index in [1.54, 1.807) is 25.3 Å². The summed E-state index contributed by atoms with van der Waals surface area (Å²) in [4.78, 5) is 24.9. The van der Waals surface area contributed by atoms with E-state index in [4.69, 9.17) is 18.6 Å². The molecule has 2 aromatic carbocycles. The van der Waals surface area contributed by atoms with Gasteiger partial charge in [-0.05, 0) is 36.8 Å². The number of hydrogen-bond acceptors (Lipinski definition) is 6. The Balaban J connectivity index is 1.77. The SMILES string of the molecule is COC1=C2C=C(c3cc(=O)oc4cc(C)ccc34)C(=O)OC2Oc2ccccc21. The number of hydrogen-bond donors (Lipinski definition) is 0. The van der Waals surface area contributed by atoms with Gasteiger partial charge in [0.15, 0.2) is 0 Å². The lowest BCUT2D eigenvalue weighted by Crippen LogP contribution is -2.33. The van der Waals surface area contributed by atoms with Crippen LogP contribution in [0.1, 0.15) is 16.7 Å². The summed E-state index contributed by atoms with van der Waals surface area (Å²) in [5.41, 5.74) is 2.85. The fourth-order valence-electron chi connectivity index (χ4n) is 3.70. The van der Waals surface area contributed by atoms with Crippen LogP contribution >= 0.6 is 0 Å². The molecule has 3 heterocycles. The summed E-state index contributed by atoms with van der Waals surface area (Å²) in [7, 11) is 1.56. The van der Waals surface area contributed by atoms with Crippen LogP contribution in [-0.4, -0.2) is 19.4 Å². The van der Waals surface area contributed by atoms with E-state index in [9.17, 15) is 9.59 Å². The molecule has 0 amide bonds. The van der Waals surface area contributed by atoms with E-state index >= 15 is 0 Å². The molecule has 0 bridgehead atoms. The minimum atomic E-state index is -0.912. The third-order valence-corrected chi connectivity index (χ3v) is 5.01. The van der Waals surface area contributed by atoms with Crippen molar-refractivity contribution in [3.8, 4) is 5.75 Å². The van der Waals surface area contributed by atoms with Crippen LogP contribution in [0.5, 0.6) is 5.75 Å². The Bertz CT molecular complexity index is 1290. The molecule has 0 aliphatic carbocycles. The Hall–Kier alpha value is -3.80. The number of esters is 1. The van der Waals surface area contributed by atoms with Crippen molar-refractivity contribution >= 4 is 28.3 Å². The molecule has 1 unspecified atom stereocenters. The lowest BCUT2D eigenvalue weighted by Gasteiger charge is -2.31. The first-order chi connectivity index (χ1) is 14.0. The van der Waals surface area contributed by atoms with E-state index in [-0.39, 0.29) is 5.57 Å². The van der Waals surface area contributed by atoms with Gasteiger partial charge in [0.05, 0.1) is 23.8 Å². The monoisotopic (exact) mass is 388 g/mol. The fourth-order valence-corrected chi connectivity index (χ4v) is 3.70. The topological polar surface area (TPSA) is 75.0 Å². The van der Waals surface area contributed by atoms with Crippen LogP contribution in [0.3, 0.4) is 0 Å². The van der Waals surface area contributed by atoms with Crippen molar-refractivity contribution in [2.45, 2.75) is 13.2 Å². The molecule has 1 atom stereocenters. The quantitative estimate of drug-likeness (QED) is 0.491. The number of carbonyl (C=O) groups excluding carboxylic acids is 1. The highest BCUT2D eigenvalue weighted by Gasteiger charge is 2.37. The maximum atomic E-state index is 12.8. The highest BCUT2D eigenvalue weighted by atomic mass is 16.7. The number of benzene rings is 2. The molecule has 0 N–H and O–H groups in total. The molecular formula is C23H16O6. The first-order valence-corrected chi connectivity index (χ1v) is 9.07. The van der Waals surface area contributed by atoms with Crippen LogP contribution in [-0.2, 0) is 14.3 Å². The van der Waals surface area contributed by atoms with Gasteiger partial charge in [0.25, 0.3) is 6.29 Å². The Kier molecular flexibility index (Phi) is 3.81. The van der Waals surface area contributed by atoms with E-state index < -0.39 is 17.9 Å². The van der Waals surface area contributed by atoms with Gasteiger partial charge in [0.1, 0.15) is 17.1 Å². The minimum absolute atomic E-state index is 0.246. The normalized spacial score (nSPS) is 17.8. The summed E-state index contributed by atoms with van der Waals surface area (Å²) in [5.74, 6) is 0.551. The van der Waals surface area contributed by atoms with Gasteiger partial charge in [0.2, 0.25) is 0 Å². The predicted octanol–water partition coefficient (Wildman–Crippen LogP) is 3.82. The number of aryl methyl sites for hydroxylation is 1. The Morgan fingerprint density at radius 1 is 0.966 bits per heavy atom. The number of methoxy groups -OCH3 is 1. The molecule has 0 saturated carbocycles. The van der Waals surface area contributed by atoms with Crippen molar-refractivity contribution in [1.29, 1.82) is 0 Å². The number of carbonyl (C=O) groups is 1. The van der Waals surface area contributed by atoms with Crippen molar-refractivity contribution in [2.24, 2.45) is 0 Å². The second-order valence-electron chi connectivity index (χ2n) is 6.88. The van der Waals surface area contributed by atoms with Crippen molar-refractivity contribution in [2.75, 3.05) is 7.11 Å². The summed E-state index contributed by atoms with van der Waals surface area (Å²) in [6.07, 6.45) is 0.754. The maximum absolute atomic E-state index is 12.8. The summed E-state index contributed by atoms with van der Waals surface area (Å²) in [6.45, 7) is 1.90. The highest BCUT2D eigenvalue weighted by Crippen LogP contribution is 2.41. The Morgan fingerprint density at radius 2 is 1.79 bits per heavy atom. The van der Waals surface area contributed by atoms with Crippen LogP contribution in [0.4, 0.5) is 0 Å². The second-order valence-corrected chi connectivity index (χ2v) is 6.88. The molecule has 6 nitrogen and oxygen atoms in total. The molecule has 0 fully saturated rings. The van der Waals surface area contributed by atoms with Gasteiger partial charge < -0.3 is 18.6 Å². The predicted molar refractivity (Wildman–Crippen MR) is 106 cm³/mol. The van der Waals surface area contributed by atoms with E-state index in [2.05, 4.69) is 0 Å². The minimum Gasteiger partial charge on any atom is -0.495 e. The van der Waals surface area contributed by atoms with Gasteiger partial charge in [-0.25, -0.2) is 9.59 Å². The zero-order valence-electron chi connectivity index (χ0n) is 15.7. The van der Waals surface area contributed by atoms with Crippen molar-refractivity contribution < 1.29 is 23.4 Å². The Labute approximate surface area is 165 Å². The van der Waals surface area contributed by atoms with E-state index in [1.807, 2.05) is 37.3 Å². The zero-order valence-corrected chi connectivity index (χ0v) is 15.7. The molecule has 6 heteroatoms. The van der Waals surface area contributed by atoms with E-state index in [0.717, 1.165) is 11.1 Å². The number of rotatable bonds is 2. The molecule has 144 valence electrons. The van der Waals surface area contributed by atoms with Gasteiger partial charge >= 0.3 is 11.6 Å². The Morgan fingerprint density at radius 3 is 2.62 bits per heavy atom. The molecule has 29 heavy (non-hydrogen) atoms. The number of fused-ring (bicyclic) bond motifs is 3. The van der Waals surface area contributed by atoms with Crippen LogP contribution in [0, 0.1) is 6.92 Å². The molecule has 5 rings (SSSR count). The van der Waals surface area contributed by atoms with Gasteiger partial charge in [-0.2, -0.15) is 0 Å². The number of para-hydroxylation sites is 1. The highest BCUT2D eigenvalue weighted by molar-refractivity contribution is 6.21. The molecule has 0 saturated heterocycles. The maximum Gasteiger partial charge on any atom is 0.342 e. The average molecular weight is 388 g/mol. The van der Waals surface area contributed by atoms with Crippen LogP contribution in [0.15, 0.2) is 69.4 Å². The molecule has 1 aromatic heterocycles. The largest absolute Gasteiger partial charge is 0.495 e. The van der Waals surface area contributed by atoms with Gasteiger partial charge in [0, 0.05) is 17.0 Å². The summed E-state index contributed by atoms with van der Waals surface area (Å²) >= 11 is 0. The average Bonchev–Trinajstić information content (AvgIpc) is 2.70. The van der Waals surface area contributed by atoms with Gasteiger partial charge in [-0.1, -0.05) is 24.3 Å². The molecular weight excluding hydrogens is 372 g/mol. The summed E-state index contributed by atoms with van der Waals surface area (Å²) < 4.78 is 22.3. The molecule has 0 spiro atoms. The molecule has 3 aromatic rings. The van der Waals surface area contributed by atoms with E-state index in [1.165, 1.54) is 6.07 Å². The van der Waals surface area contributed by atoms with Crippen molar-refractivity contribution in [3.05, 3.63) is 87.3 Å². The standard InChI is InChI=1S/C23H16O6/c1-12-7-8-13-15(11-20(24)27-19(13)9-12)16-10-17-21(26-2)14-5-3-4-6-18(14)28-23(17)29-22(16)25/h3-11,23H,1-2H3. The first-order valence-electron chi connectivity index (χ1n) is 9.07. The third kappa shape index (κ3) is 2.72. The summed E-state index contributed by atoms with van der Waals surface area (Å²) in [5, 5.41) is 0.647. The van der Waals surface area contributed by atoms with Gasteiger partial charge in [-0.3, -0.25) is 0 Å². The number of ether oxygens (including phenoxy) is 3. The lowest BCUT2D eigenvalue weighted by molar-refractivity contribution is -0.152. The summed E-state index contributed by atoms with van der Waals surface area (Å²) in [6, 6.07) is 14.1. The van der Waals surface area contributed by atoms with Crippen molar-refractivity contribution in [1.82, 2.24) is 0 Å². The van der Waals surface area contributed by atoms with Crippen molar-refractivity contribution in [3.63, 3.8) is 0 Å². The second kappa shape index (κ2) is 6.38. The van der Waals surface area contributed by atoms with E-state index in [0.29, 0.717) is 33.6 Å². The third-order valence-electron chi connectivity index (χ3n) is 5.01. The van der Waals surface area contributed by atoms with Crippen LogP contribution in [0.2, 0.25) is 0 Å². The van der Waals surface area contributed by atoms with Crippen LogP contribution in [0.25, 0.3) is 22.3 Å². The smallest absolute Gasteiger partial charge is 0.342 e. The lowest BCUT2D eigenvalue weighted by atomic mass is 9.94. The fraction of sp³-hybridized carbons (Fsp3) is 0.130. The molecule has 2 aliphatic heterocycles. The zero-order chi connectivity index (χ0) is 20.1. The first kappa shape index (κ1) is 17.3. The molecule has 2 aliphatic rings. The van der Waals surface area contributed by atoms with Gasteiger partial charge in [-0.15, -0.1) is 0 Å². The molecule has 0 radical (unpaired) electrons. The van der Waals surface area contributed by atoms with Crippen LogP contribution < -0.4 is 10.4 Å².